The Hall–Kier alpha value is -3.29. The molecule has 0 spiro atoms. The van der Waals surface area contributed by atoms with Gasteiger partial charge in [-0.1, -0.05) is 18.2 Å². The van der Waals surface area contributed by atoms with Crippen molar-refractivity contribution in [2.45, 2.75) is 4.90 Å². The summed E-state index contributed by atoms with van der Waals surface area (Å²) in [4.78, 5) is 29.4. The second kappa shape index (κ2) is 8.81. The molecule has 0 saturated carbocycles. The van der Waals surface area contributed by atoms with Crippen molar-refractivity contribution in [2.24, 2.45) is 0 Å². The van der Waals surface area contributed by atoms with Gasteiger partial charge in [-0.3, -0.25) is 4.79 Å². The van der Waals surface area contributed by atoms with Crippen LogP contribution in [0, 0.1) is 11.3 Å². The number of rotatable bonds is 5. The van der Waals surface area contributed by atoms with E-state index in [1.54, 1.807) is 24.3 Å². The van der Waals surface area contributed by atoms with E-state index in [0.29, 0.717) is 0 Å². The van der Waals surface area contributed by atoms with Gasteiger partial charge in [0, 0.05) is 32.4 Å². The number of ether oxygens (including phenoxy) is 1. The highest BCUT2D eigenvalue weighted by molar-refractivity contribution is 7.89. The summed E-state index contributed by atoms with van der Waals surface area (Å²) in [7, 11) is -3.84. The van der Waals surface area contributed by atoms with Crippen LogP contribution in [0.2, 0.25) is 0 Å². The molecule has 10 heteroatoms. The molecule has 9 nitrogen and oxygen atoms in total. The number of pyridine rings is 1. The second-order valence-corrected chi connectivity index (χ2v) is 8.09. The molecule has 2 aromatic rings. The number of hydrogen-bond acceptors (Lipinski definition) is 7. The molecule has 0 atom stereocenters. The van der Waals surface area contributed by atoms with E-state index < -0.39 is 28.5 Å². The monoisotopic (exact) mass is 414 g/mol. The average molecular weight is 414 g/mol. The molecule has 2 heterocycles. The molecular weight excluding hydrogens is 396 g/mol. The van der Waals surface area contributed by atoms with E-state index >= 15 is 0 Å². The zero-order valence-electron chi connectivity index (χ0n) is 15.4. The lowest BCUT2D eigenvalue weighted by molar-refractivity contribution is -0.135. The lowest BCUT2D eigenvalue weighted by Crippen LogP contribution is -2.51. The summed E-state index contributed by atoms with van der Waals surface area (Å²) in [5.74, 6) is -1.11. The third-order valence-electron chi connectivity index (χ3n) is 4.42. The molecule has 1 aromatic carbocycles. The summed E-state index contributed by atoms with van der Waals surface area (Å²) in [5, 5.41) is 9.15. The number of esters is 1. The standard InChI is InChI=1S/C19H18N4O5S/c20-13-15-5-1-2-7-17(15)29(26,27)23-11-9-22(10-12-23)18(24)14-28-19(25)16-6-3-4-8-21-16/h1-8H,9-12,14H2. The van der Waals surface area contributed by atoms with Crippen molar-refractivity contribution in [1.29, 1.82) is 5.26 Å². The molecule has 150 valence electrons. The molecule has 1 aliphatic rings. The molecule has 1 saturated heterocycles. The smallest absolute Gasteiger partial charge is 0.357 e. The number of carbonyl (C=O) groups is 2. The fraction of sp³-hybridized carbons (Fsp3) is 0.263. The lowest BCUT2D eigenvalue weighted by Gasteiger charge is -2.34. The Labute approximate surface area is 168 Å². The Morgan fingerprint density at radius 3 is 2.41 bits per heavy atom. The number of nitrogens with zero attached hydrogens (tertiary/aromatic N) is 4. The van der Waals surface area contributed by atoms with E-state index in [1.807, 2.05) is 6.07 Å². The zero-order chi connectivity index (χ0) is 20.9. The Morgan fingerprint density at radius 1 is 1.07 bits per heavy atom. The minimum absolute atomic E-state index is 0.0495. The van der Waals surface area contributed by atoms with Gasteiger partial charge in [0.25, 0.3) is 5.91 Å². The van der Waals surface area contributed by atoms with Crippen LogP contribution in [0.3, 0.4) is 0 Å². The van der Waals surface area contributed by atoms with Gasteiger partial charge in [-0.25, -0.2) is 18.2 Å². The van der Waals surface area contributed by atoms with Gasteiger partial charge in [0.2, 0.25) is 10.0 Å². The van der Waals surface area contributed by atoms with Crippen LogP contribution in [0.1, 0.15) is 16.1 Å². The van der Waals surface area contributed by atoms with Crippen molar-refractivity contribution >= 4 is 21.9 Å². The fourth-order valence-electron chi connectivity index (χ4n) is 2.88. The maximum absolute atomic E-state index is 12.8. The van der Waals surface area contributed by atoms with Crippen molar-refractivity contribution in [3.8, 4) is 6.07 Å². The predicted molar refractivity (Wildman–Crippen MR) is 101 cm³/mol. The third kappa shape index (κ3) is 4.59. The fourth-order valence-corrected chi connectivity index (χ4v) is 4.44. The SMILES string of the molecule is N#Cc1ccccc1S(=O)(=O)N1CCN(C(=O)COC(=O)c2ccccn2)CC1. The van der Waals surface area contributed by atoms with E-state index in [4.69, 9.17) is 10.00 Å². The summed E-state index contributed by atoms with van der Waals surface area (Å²) in [6, 6.07) is 12.7. The summed E-state index contributed by atoms with van der Waals surface area (Å²) in [5.41, 5.74) is 0.180. The minimum atomic E-state index is -3.84. The Morgan fingerprint density at radius 2 is 1.76 bits per heavy atom. The highest BCUT2D eigenvalue weighted by Gasteiger charge is 2.31. The third-order valence-corrected chi connectivity index (χ3v) is 6.37. The van der Waals surface area contributed by atoms with Crippen LogP contribution < -0.4 is 0 Å². The molecule has 1 aliphatic heterocycles. The van der Waals surface area contributed by atoms with Crippen LogP contribution in [0.5, 0.6) is 0 Å². The van der Waals surface area contributed by atoms with E-state index in [1.165, 1.54) is 33.6 Å². The summed E-state index contributed by atoms with van der Waals surface area (Å²) in [6.45, 7) is 0.0469. The van der Waals surface area contributed by atoms with Crippen LogP contribution in [0.15, 0.2) is 53.6 Å². The number of aromatic nitrogens is 1. The summed E-state index contributed by atoms with van der Waals surface area (Å²) >= 11 is 0. The topological polar surface area (TPSA) is 121 Å². The first kappa shape index (κ1) is 20.4. The highest BCUT2D eigenvalue weighted by Crippen LogP contribution is 2.21. The predicted octanol–water partition coefficient (Wildman–Crippen LogP) is 0.643. The highest BCUT2D eigenvalue weighted by atomic mass is 32.2. The van der Waals surface area contributed by atoms with Gasteiger partial charge in [-0.05, 0) is 24.3 Å². The van der Waals surface area contributed by atoms with Crippen molar-refractivity contribution in [3.63, 3.8) is 0 Å². The Bertz CT molecular complexity index is 1040. The number of nitriles is 1. The number of sulfonamides is 1. The number of piperazine rings is 1. The molecule has 0 radical (unpaired) electrons. The molecule has 29 heavy (non-hydrogen) atoms. The van der Waals surface area contributed by atoms with Crippen LogP contribution in [-0.2, 0) is 19.6 Å². The van der Waals surface area contributed by atoms with Crippen LogP contribution in [-0.4, -0.2) is 67.3 Å². The van der Waals surface area contributed by atoms with Crippen LogP contribution in [0.4, 0.5) is 0 Å². The number of benzene rings is 1. The van der Waals surface area contributed by atoms with Gasteiger partial charge < -0.3 is 9.64 Å². The van der Waals surface area contributed by atoms with Gasteiger partial charge in [0.15, 0.2) is 6.61 Å². The van der Waals surface area contributed by atoms with Crippen molar-refractivity contribution in [1.82, 2.24) is 14.2 Å². The van der Waals surface area contributed by atoms with Gasteiger partial charge in [0.1, 0.15) is 11.8 Å². The first-order valence-corrected chi connectivity index (χ1v) is 10.2. The van der Waals surface area contributed by atoms with E-state index in [9.17, 15) is 18.0 Å². The van der Waals surface area contributed by atoms with Gasteiger partial charge in [-0.2, -0.15) is 9.57 Å². The first-order chi connectivity index (χ1) is 13.9. The average Bonchev–Trinajstić information content (AvgIpc) is 2.77. The molecule has 1 amide bonds. The molecule has 1 fully saturated rings. The van der Waals surface area contributed by atoms with Crippen molar-refractivity contribution in [3.05, 3.63) is 59.9 Å². The molecule has 0 aliphatic carbocycles. The number of amides is 1. The van der Waals surface area contributed by atoms with Gasteiger partial charge in [-0.15, -0.1) is 0 Å². The number of hydrogen-bond donors (Lipinski definition) is 0. The Balaban J connectivity index is 1.57. The summed E-state index contributed by atoms with van der Waals surface area (Å²) < 4.78 is 31.8. The van der Waals surface area contributed by atoms with Crippen molar-refractivity contribution in [2.75, 3.05) is 32.8 Å². The maximum atomic E-state index is 12.8. The Kier molecular flexibility index (Phi) is 6.21. The van der Waals surface area contributed by atoms with E-state index in [0.717, 1.165) is 0 Å². The van der Waals surface area contributed by atoms with Gasteiger partial charge >= 0.3 is 5.97 Å². The first-order valence-electron chi connectivity index (χ1n) is 8.78. The minimum Gasteiger partial charge on any atom is -0.451 e. The normalized spacial score (nSPS) is 14.8. The van der Waals surface area contributed by atoms with Gasteiger partial charge in [0.05, 0.1) is 10.5 Å². The summed E-state index contributed by atoms with van der Waals surface area (Å²) in [6.07, 6.45) is 1.45. The van der Waals surface area contributed by atoms with Crippen LogP contribution in [0.25, 0.3) is 0 Å². The number of carbonyl (C=O) groups excluding carboxylic acids is 2. The quantitative estimate of drug-likeness (QED) is 0.658. The molecule has 0 N–H and O–H groups in total. The largest absolute Gasteiger partial charge is 0.451 e. The molecule has 3 rings (SSSR count). The zero-order valence-corrected chi connectivity index (χ0v) is 16.2. The van der Waals surface area contributed by atoms with Crippen molar-refractivity contribution < 1.29 is 22.7 Å². The molecule has 1 aromatic heterocycles. The van der Waals surface area contributed by atoms with Crippen LogP contribution >= 0.6 is 0 Å². The maximum Gasteiger partial charge on any atom is 0.357 e. The van der Waals surface area contributed by atoms with E-state index in [-0.39, 0.29) is 42.3 Å². The molecule has 0 unspecified atom stereocenters. The molecule has 0 bridgehead atoms. The lowest BCUT2D eigenvalue weighted by atomic mass is 10.2. The van der Waals surface area contributed by atoms with E-state index in [2.05, 4.69) is 4.98 Å². The molecular formula is C19H18N4O5S. The second-order valence-electron chi connectivity index (χ2n) is 6.18.